The van der Waals surface area contributed by atoms with E-state index in [1.165, 1.54) is 17.9 Å². The molecule has 1 aliphatic heterocycles. The minimum atomic E-state index is -0.933. The lowest BCUT2D eigenvalue weighted by molar-refractivity contribution is -0.138. The van der Waals surface area contributed by atoms with E-state index in [0.717, 1.165) is 6.07 Å². The van der Waals surface area contributed by atoms with Crippen LogP contribution in [0.1, 0.15) is 28.8 Å². The lowest BCUT2D eigenvalue weighted by atomic mass is 10.1. The van der Waals surface area contributed by atoms with Gasteiger partial charge in [-0.2, -0.15) is 0 Å². The van der Waals surface area contributed by atoms with E-state index in [0.29, 0.717) is 13.0 Å². The molecule has 6 heteroatoms. The monoisotopic (exact) mass is 283 g/mol. The van der Waals surface area contributed by atoms with E-state index in [-0.39, 0.29) is 24.4 Å². The highest BCUT2D eigenvalue weighted by Gasteiger charge is 2.31. The highest BCUT2D eigenvalue weighted by Crippen LogP contribution is 2.24. The Morgan fingerprint density at radius 1 is 1.40 bits per heavy atom. The van der Waals surface area contributed by atoms with Crippen LogP contribution in [-0.4, -0.2) is 35.0 Å². The molecule has 2 rings (SSSR count). The van der Waals surface area contributed by atoms with E-state index in [1.54, 1.807) is 0 Å². The largest absolute Gasteiger partial charge is 0.481 e. The van der Waals surface area contributed by atoms with Gasteiger partial charge < -0.3 is 10.0 Å². The number of carbonyl (C=O) groups is 2. The zero-order chi connectivity index (χ0) is 14.9. The van der Waals surface area contributed by atoms with E-state index < -0.39 is 29.1 Å². The van der Waals surface area contributed by atoms with Crippen molar-refractivity contribution < 1.29 is 23.5 Å². The van der Waals surface area contributed by atoms with Crippen LogP contribution in [0.15, 0.2) is 12.1 Å². The summed E-state index contributed by atoms with van der Waals surface area (Å²) in [4.78, 5) is 24.1. The molecular formula is C14H15F2NO3. The molecule has 4 nitrogen and oxygen atoms in total. The highest BCUT2D eigenvalue weighted by molar-refractivity contribution is 5.95. The molecule has 1 amide bonds. The number of carboxylic acid groups (broad SMARTS) is 1. The highest BCUT2D eigenvalue weighted by atomic mass is 19.1. The van der Waals surface area contributed by atoms with Gasteiger partial charge in [0.25, 0.3) is 5.91 Å². The Labute approximate surface area is 115 Å². The number of nitrogens with zero attached hydrogens (tertiary/aromatic N) is 1. The molecule has 1 saturated heterocycles. The summed E-state index contributed by atoms with van der Waals surface area (Å²) in [5.41, 5.74) is -0.350. The molecule has 0 bridgehead atoms. The lowest BCUT2D eigenvalue weighted by Crippen LogP contribution is -2.30. The lowest BCUT2D eigenvalue weighted by Gasteiger charge is -2.17. The number of amides is 1. The van der Waals surface area contributed by atoms with Crippen molar-refractivity contribution in [2.75, 3.05) is 13.1 Å². The van der Waals surface area contributed by atoms with Gasteiger partial charge in [-0.3, -0.25) is 9.59 Å². The Morgan fingerprint density at radius 3 is 2.75 bits per heavy atom. The Balaban J connectivity index is 2.17. The number of aryl methyl sites for hydroxylation is 1. The van der Waals surface area contributed by atoms with Gasteiger partial charge in [0.2, 0.25) is 0 Å². The number of carboxylic acids is 1. The third kappa shape index (κ3) is 2.79. The molecule has 108 valence electrons. The summed E-state index contributed by atoms with van der Waals surface area (Å²) in [7, 11) is 0. The van der Waals surface area contributed by atoms with Gasteiger partial charge in [0.1, 0.15) is 17.2 Å². The van der Waals surface area contributed by atoms with Crippen molar-refractivity contribution >= 4 is 11.9 Å². The number of halogens is 2. The van der Waals surface area contributed by atoms with E-state index in [9.17, 15) is 18.4 Å². The summed E-state index contributed by atoms with van der Waals surface area (Å²) < 4.78 is 27.6. The van der Waals surface area contributed by atoms with Crippen LogP contribution in [0.2, 0.25) is 0 Å². The van der Waals surface area contributed by atoms with Crippen LogP contribution in [0.5, 0.6) is 0 Å². The molecule has 0 aliphatic carbocycles. The van der Waals surface area contributed by atoms with Crippen LogP contribution >= 0.6 is 0 Å². The number of hydrogen-bond acceptors (Lipinski definition) is 2. The molecule has 0 radical (unpaired) electrons. The predicted molar refractivity (Wildman–Crippen MR) is 67.4 cm³/mol. The third-order valence-corrected chi connectivity index (χ3v) is 3.53. The Kier molecular flexibility index (Phi) is 4.01. The second kappa shape index (κ2) is 5.56. The van der Waals surface area contributed by atoms with Gasteiger partial charge in [-0.25, -0.2) is 8.78 Å². The van der Waals surface area contributed by atoms with E-state index in [1.807, 2.05) is 0 Å². The zero-order valence-electron chi connectivity index (χ0n) is 11.0. The first-order valence-corrected chi connectivity index (χ1v) is 6.35. The topological polar surface area (TPSA) is 57.6 Å². The van der Waals surface area contributed by atoms with Gasteiger partial charge in [-0.15, -0.1) is 0 Å². The van der Waals surface area contributed by atoms with E-state index in [2.05, 4.69) is 0 Å². The number of rotatable bonds is 3. The van der Waals surface area contributed by atoms with Crippen LogP contribution in [0, 0.1) is 24.5 Å². The van der Waals surface area contributed by atoms with E-state index in [4.69, 9.17) is 5.11 Å². The van der Waals surface area contributed by atoms with Gasteiger partial charge in [0.15, 0.2) is 0 Å². The summed E-state index contributed by atoms with van der Waals surface area (Å²) in [5, 5.41) is 8.72. The first kappa shape index (κ1) is 14.4. The first-order valence-electron chi connectivity index (χ1n) is 6.35. The molecule has 1 fully saturated rings. The first-order chi connectivity index (χ1) is 9.40. The molecule has 1 aromatic rings. The molecule has 1 aliphatic rings. The summed E-state index contributed by atoms with van der Waals surface area (Å²) >= 11 is 0. The van der Waals surface area contributed by atoms with Gasteiger partial charge in [-0.05, 0) is 30.9 Å². The number of hydrogen-bond donors (Lipinski definition) is 1. The van der Waals surface area contributed by atoms with Gasteiger partial charge >= 0.3 is 5.97 Å². The van der Waals surface area contributed by atoms with Crippen molar-refractivity contribution in [2.45, 2.75) is 19.8 Å². The summed E-state index contributed by atoms with van der Waals surface area (Å²) in [6.45, 7) is 2.00. The third-order valence-electron chi connectivity index (χ3n) is 3.53. The molecule has 1 atom stereocenters. The second-order valence-corrected chi connectivity index (χ2v) is 5.06. The van der Waals surface area contributed by atoms with Crippen molar-refractivity contribution in [2.24, 2.45) is 5.92 Å². The number of carbonyl (C=O) groups excluding carboxylic acids is 1. The molecule has 1 aromatic carbocycles. The van der Waals surface area contributed by atoms with Crippen molar-refractivity contribution in [1.82, 2.24) is 4.90 Å². The average Bonchev–Trinajstić information content (AvgIpc) is 2.82. The predicted octanol–water partition coefficient (Wildman–Crippen LogP) is 2.21. The van der Waals surface area contributed by atoms with Crippen LogP contribution in [-0.2, 0) is 4.79 Å². The van der Waals surface area contributed by atoms with Gasteiger partial charge in [0.05, 0.1) is 0 Å². The molecule has 1 heterocycles. The van der Waals surface area contributed by atoms with Crippen molar-refractivity contribution in [1.29, 1.82) is 0 Å². The maximum Gasteiger partial charge on any atom is 0.303 e. The molecule has 0 saturated carbocycles. The van der Waals surface area contributed by atoms with Crippen LogP contribution < -0.4 is 0 Å². The number of likely N-dealkylation sites (tertiary alicyclic amines) is 1. The van der Waals surface area contributed by atoms with Crippen molar-refractivity contribution in [3.05, 3.63) is 34.9 Å². The standard InChI is InChI=1S/C14H15F2NO3/c1-8-2-3-10(15)12(13(8)16)14(20)17-5-4-9(7-17)6-11(18)19/h2-3,9H,4-7H2,1H3,(H,18,19). The maximum absolute atomic E-state index is 13.9. The Morgan fingerprint density at radius 2 is 2.10 bits per heavy atom. The Bertz CT molecular complexity index is 560. The van der Waals surface area contributed by atoms with Crippen LogP contribution in [0.4, 0.5) is 8.78 Å². The smallest absolute Gasteiger partial charge is 0.303 e. The fourth-order valence-corrected chi connectivity index (χ4v) is 2.44. The van der Waals surface area contributed by atoms with Crippen molar-refractivity contribution in [3.63, 3.8) is 0 Å². The minimum Gasteiger partial charge on any atom is -0.481 e. The molecule has 1 N–H and O–H groups in total. The fraction of sp³-hybridized carbons (Fsp3) is 0.429. The van der Waals surface area contributed by atoms with Crippen molar-refractivity contribution in [3.8, 4) is 0 Å². The molecule has 1 unspecified atom stereocenters. The molecule has 20 heavy (non-hydrogen) atoms. The SMILES string of the molecule is Cc1ccc(F)c(C(=O)N2CCC(CC(=O)O)C2)c1F. The minimum absolute atomic E-state index is 0.0391. The van der Waals surface area contributed by atoms with Gasteiger partial charge in [-0.1, -0.05) is 6.07 Å². The number of aliphatic carboxylic acids is 1. The fourth-order valence-electron chi connectivity index (χ4n) is 2.44. The van der Waals surface area contributed by atoms with Crippen LogP contribution in [0.3, 0.4) is 0 Å². The zero-order valence-corrected chi connectivity index (χ0v) is 11.0. The maximum atomic E-state index is 13.9. The molecular weight excluding hydrogens is 268 g/mol. The summed E-state index contributed by atoms with van der Waals surface area (Å²) in [5.74, 6) is -3.54. The molecule has 0 spiro atoms. The quantitative estimate of drug-likeness (QED) is 0.925. The van der Waals surface area contributed by atoms with E-state index >= 15 is 0 Å². The number of benzene rings is 1. The normalized spacial score (nSPS) is 18.4. The summed E-state index contributed by atoms with van der Waals surface area (Å²) in [6, 6.07) is 2.34. The second-order valence-electron chi connectivity index (χ2n) is 5.06. The summed E-state index contributed by atoms with van der Waals surface area (Å²) in [6.07, 6.45) is 0.496. The average molecular weight is 283 g/mol. The molecule has 0 aromatic heterocycles. The van der Waals surface area contributed by atoms with Crippen LogP contribution in [0.25, 0.3) is 0 Å². The Hall–Kier alpha value is -1.98. The van der Waals surface area contributed by atoms with Gasteiger partial charge in [0, 0.05) is 19.5 Å².